The minimum absolute atomic E-state index is 0.107. The van der Waals surface area contributed by atoms with Crippen molar-refractivity contribution in [1.82, 2.24) is 49.3 Å². The van der Waals surface area contributed by atoms with Crippen LogP contribution < -0.4 is 20.0 Å². The van der Waals surface area contributed by atoms with Crippen molar-refractivity contribution < 1.29 is 56.4 Å². The molecule has 0 saturated heterocycles. The Kier molecular flexibility index (Phi) is 17.8. The Morgan fingerprint density at radius 3 is 1.67 bits per heavy atom. The first-order valence-electron chi connectivity index (χ1n) is 30.8. The average Bonchev–Trinajstić information content (AvgIpc) is 0.880. The molecule has 28 heteroatoms. The number of anilines is 4. The fraction of sp³-hybridized carbons (Fsp3) is 0.531. The van der Waals surface area contributed by atoms with E-state index in [-0.39, 0.29) is 55.4 Å². The Morgan fingerprint density at radius 1 is 0.696 bits per heavy atom. The standard InChI is InChI=1S/C32H41N7O7S.C32H41N7O5S/c1-19-22-10-9-20(33-30(41)46-31(2,3)4)13-24(22)32(18-44-19)15-26-23(17-45-32)27(35-29(34-26)47(7,42)43)38-11-8-12-39-21(16-38)14-25(36-39)28(40)37(5)6;1-19-22-10-9-20(39(30(41)42)31(2,3)4)13-24(22)32(18-43-19)15-26-23(17-44-32)27(34-29(33-26)45-7)37-11-8-12-38-21(16-37)14-25(35-38)28(40)36(5)6/h9-10,13-14,19H,8,11-12,15-18H2,1-7H3,(H,33,41);9-10,13-14,19H,8,11-12,15-18H2,1-7H3,(H,41,42)/t2*19-,32+/m00/s1. The number of thioether (sulfide) groups is 1. The number of rotatable bonds is 8. The highest BCUT2D eigenvalue weighted by Crippen LogP contribution is 2.49. The summed E-state index contributed by atoms with van der Waals surface area (Å²) >= 11 is 1.49. The van der Waals surface area contributed by atoms with Gasteiger partial charge in [0.05, 0.1) is 74.5 Å². The number of hydrogen-bond acceptors (Lipinski definition) is 20. The molecular formula is C64H82N14O12S2. The SMILES string of the molecule is CSc1nc2c(c(N3CCCn4nc(C(=O)N(C)C)cc4C3)n1)CO[C@@]1(CO[C@@H](C)c3ccc(N(C(=O)O)C(C)(C)C)cc31)C2.C[C@@H]1OC[C@]2(Cc3nc(S(C)(=O)=O)nc(N4CCCn5nc(C(=O)N(C)C)cc5C4)c3CO2)c2cc(NC(=O)OC(C)(C)C)ccc21. The molecule has 26 nitrogen and oxygen atoms in total. The number of ether oxygens (including phenoxy) is 5. The van der Waals surface area contributed by atoms with Crippen molar-refractivity contribution in [3.63, 3.8) is 0 Å². The molecule has 0 unspecified atom stereocenters. The van der Waals surface area contributed by atoms with Crippen molar-refractivity contribution in [2.45, 2.75) is 165 Å². The third kappa shape index (κ3) is 13.1. The van der Waals surface area contributed by atoms with E-state index in [1.165, 1.54) is 26.5 Å². The lowest BCUT2D eigenvalue weighted by Crippen LogP contribution is -2.47. The van der Waals surface area contributed by atoms with Gasteiger partial charge < -0.3 is 48.4 Å². The molecule has 6 aliphatic heterocycles. The summed E-state index contributed by atoms with van der Waals surface area (Å²) in [6.07, 6.45) is 3.33. The van der Waals surface area contributed by atoms with E-state index in [2.05, 4.69) is 30.4 Å². The maximum atomic E-state index is 12.9. The van der Waals surface area contributed by atoms with E-state index in [0.29, 0.717) is 97.2 Å². The molecule has 492 valence electrons. The monoisotopic (exact) mass is 1300 g/mol. The van der Waals surface area contributed by atoms with E-state index in [1.54, 1.807) is 61.1 Å². The van der Waals surface area contributed by atoms with Crippen LogP contribution in [0.15, 0.2) is 58.8 Å². The molecule has 0 bridgehead atoms. The zero-order valence-corrected chi connectivity index (χ0v) is 56.4. The Balaban J connectivity index is 0.000000189. The van der Waals surface area contributed by atoms with Crippen molar-refractivity contribution in [2.24, 2.45) is 0 Å². The molecule has 6 aliphatic rings. The summed E-state index contributed by atoms with van der Waals surface area (Å²) in [5.74, 6) is 0.999. The molecule has 0 saturated carbocycles. The quantitative estimate of drug-likeness (QED) is 0.107. The number of amides is 4. The van der Waals surface area contributed by atoms with Crippen LogP contribution >= 0.6 is 11.8 Å². The summed E-state index contributed by atoms with van der Waals surface area (Å²) in [5, 5.41) is 22.5. The number of nitrogens with one attached hydrogen (secondary N) is 1. The topological polar surface area (TPSA) is 284 Å². The van der Waals surface area contributed by atoms with Crippen molar-refractivity contribution in [2.75, 3.05) is 87.0 Å². The lowest BCUT2D eigenvalue weighted by Gasteiger charge is -2.45. The van der Waals surface area contributed by atoms with Gasteiger partial charge in [-0.15, -0.1) is 0 Å². The fourth-order valence-corrected chi connectivity index (χ4v) is 13.7. The summed E-state index contributed by atoms with van der Waals surface area (Å²) in [6, 6.07) is 15.0. The molecule has 4 amide bonds. The van der Waals surface area contributed by atoms with Crippen LogP contribution in [0.1, 0.15) is 158 Å². The van der Waals surface area contributed by atoms with E-state index in [1.807, 2.05) is 91.5 Å². The summed E-state index contributed by atoms with van der Waals surface area (Å²) in [7, 11) is 3.04. The second-order valence-electron chi connectivity index (χ2n) is 26.7. The maximum absolute atomic E-state index is 12.9. The Labute approximate surface area is 540 Å². The molecule has 4 atom stereocenters. The van der Waals surface area contributed by atoms with E-state index in [0.717, 1.165) is 69.9 Å². The highest BCUT2D eigenvalue weighted by atomic mass is 32.2. The second kappa shape index (κ2) is 24.9. The third-order valence-electron chi connectivity index (χ3n) is 17.2. The molecule has 12 rings (SSSR count). The van der Waals surface area contributed by atoms with Crippen LogP contribution in [0, 0.1) is 0 Å². The smallest absolute Gasteiger partial charge is 0.412 e. The van der Waals surface area contributed by atoms with Crippen LogP contribution in [0.4, 0.5) is 32.6 Å². The normalized spacial score (nSPS) is 21.0. The van der Waals surface area contributed by atoms with Gasteiger partial charge in [-0.1, -0.05) is 23.9 Å². The van der Waals surface area contributed by atoms with Crippen molar-refractivity contribution in [1.29, 1.82) is 0 Å². The van der Waals surface area contributed by atoms with Crippen LogP contribution in [0.3, 0.4) is 0 Å². The van der Waals surface area contributed by atoms with Crippen LogP contribution in [0.2, 0.25) is 0 Å². The van der Waals surface area contributed by atoms with Gasteiger partial charge in [-0.25, -0.2) is 37.9 Å². The number of aromatic nitrogens is 8. The Hall–Kier alpha value is -7.76. The van der Waals surface area contributed by atoms with Crippen molar-refractivity contribution in [3.05, 3.63) is 116 Å². The Morgan fingerprint density at radius 2 is 1.20 bits per heavy atom. The highest BCUT2D eigenvalue weighted by molar-refractivity contribution is 7.98. The average molecular weight is 1300 g/mol. The largest absolute Gasteiger partial charge is 0.465 e. The second-order valence-corrected chi connectivity index (χ2v) is 29.4. The van der Waals surface area contributed by atoms with E-state index >= 15 is 0 Å². The van der Waals surface area contributed by atoms with Gasteiger partial charge in [0.2, 0.25) is 15.0 Å². The lowest BCUT2D eigenvalue weighted by atomic mass is 9.80. The van der Waals surface area contributed by atoms with Crippen LogP contribution in [-0.2, 0) is 97.0 Å². The molecule has 92 heavy (non-hydrogen) atoms. The van der Waals surface area contributed by atoms with Gasteiger partial charge in [-0.3, -0.25) is 29.2 Å². The predicted octanol–water partition coefficient (Wildman–Crippen LogP) is 8.44. The lowest BCUT2D eigenvalue weighted by molar-refractivity contribution is -0.148. The van der Waals surface area contributed by atoms with Gasteiger partial charge in [-0.05, 0) is 133 Å². The third-order valence-corrected chi connectivity index (χ3v) is 18.6. The molecule has 2 spiro atoms. The number of nitrogens with zero attached hydrogens (tertiary/aromatic N) is 13. The number of benzene rings is 2. The van der Waals surface area contributed by atoms with Gasteiger partial charge in [0.15, 0.2) is 16.5 Å². The number of aryl methyl sites for hydroxylation is 2. The number of hydrogen-bond donors (Lipinski definition) is 2. The number of carbonyl (C=O) groups is 4. The molecule has 0 fully saturated rings. The van der Waals surface area contributed by atoms with Crippen LogP contribution in [-0.4, -0.2) is 165 Å². The molecule has 6 aromatic rings. The summed E-state index contributed by atoms with van der Waals surface area (Å²) in [6.45, 7) is 19.5. The zero-order valence-electron chi connectivity index (χ0n) is 54.7. The summed E-state index contributed by atoms with van der Waals surface area (Å²) < 4.78 is 60.9. The molecule has 10 heterocycles. The van der Waals surface area contributed by atoms with Crippen molar-refractivity contribution in [3.8, 4) is 0 Å². The minimum atomic E-state index is -3.78. The highest BCUT2D eigenvalue weighted by Gasteiger charge is 2.48. The molecule has 4 aromatic heterocycles. The van der Waals surface area contributed by atoms with Gasteiger partial charge in [0.25, 0.3) is 11.8 Å². The number of carboxylic acid groups (broad SMARTS) is 1. The first-order valence-corrected chi connectivity index (χ1v) is 33.9. The Bertz CT molecular complexity index is 4010. The summed E-state index contributed by atoms with van der Waals surface area (Å²) in [5.41, 5.74) is 7.33. The van der Waals surface area contributed by atoms with Crippen LogP contribution in [0.25, 0.3) is 0 Å². The summed E-state index contributed by atoms with van der Waals surface area (Å²) in [4.78, 5) is 78.0. The van der Waals surface area contributed by atoms with E-state index in [9.17, 15) is 32.7 Å². The van der Waals surface area contributed by atoms with Gasteiger partial charge >= 0.3 is 12.2 Å². The van der Waals surface area contributed by atoms with E-state index < -0.39 is 44.4 Å². The molecule has 0 radical (unpaired) electrons. The number of fused-ring (bicyclic) bond motifs is 8. The minimum Gasteiger partial charge on any atom is -0.465 e. The van der Waals surface area contributed by atoms with Crippen molar-refractivity contribution >= 4 is 68.6 Å². The molecule has 2 N–H and O–H groups in total. The van der Waals surface area contributed by atoms with Crippen LogP contribution in [0.5, 0.6) is 0 Å². The number of carbonyl (C=O) groups excluding carboxylic acids is 3. The van der Waals surface area contributed by atoms with Gasteiger partial charge in [0.1, 0.15) is 28.4 Å². The van der Waals surface area contributed by atoms with Gasteiger partial charge in [0, 0.05) is 102 Å². The molecular weight excluding hydrogens is 1220 g/mol. The first kappa shape index (κ1) is 65.7. The molecule has 2 aromatic carbocycles. The van der Waals surface area contributed by atoms with E-state index in [4.69, 9.17) is 33.7 Å². The fourth-order valence-electron chi connectivity index (χ4n) is 12.8. The number of sulfone groups is 1. The predicted molar refractivity (Wildman–Crippen MR) is 343 cm³/mol. The first-order chi connectivity index (χ1) is 43.3. The van der Waals surface area contributed by atoms with Gasteiger partial charge in [-0.2, -0.15) is 10.2 Å². The maximum Gasteiger partial charge on any atom is 0.412 e. The molecule has 0 aliphatic carbocycles. The zero-order chi connectivity index (χ0) is 66.1.